The summed E-state index contributed by atoms with van der Waals surface area (Å²) in [6.45, 7) is 5.12. The average Bonchev–Trinajstić information content (AvgIpc) is 2.78. The summed E-state index contributed by atoms with van der Waals surface area (Å²) in [4.78, 5) is 4.54. The lowest BCUT2D eigenvalue weighted by molar-refractivity contribution is -0.696. The lowest BCUT2D eigenvalue weighted by Gasteiger charge is -2.03. The molecule has 0 spiro atoms. The van der Waals surface area contributed by atoms with E-state index in [1.165, 1.54) is 0 Å². The minimum Gasteiger partial charge on any atom is -0.232 e. The number of hydrogen-bond acceptors (Lipinski definition) is 2. The van der Waals surface area contributed by atoms with Gasteiger partial charge in [0.25, 0.3) is 0 Å². The Morgan fingerprint density at radius 1 is 1.40 bits per heavy atom. The fourth-order valence-corrected chi connectivity index (χ4v) is 2.54. The van der Waals surface area contributed by atoms with Gasteiger partial charge in [-0.15, -0.1) is 0 Å². The molecule has 0 saturated carbocycles. The van der Waals surface area contributed by atoms with E-state index in [1.54, 1.807) is 4.52 Å². The zero-order valence-electron chi connectivity index (χ0n) is 11.5. The van der Waals surface area contributed by atoms with Crippen LogP contribution in [0.2, 0.25) is 5.15 Å². The first-order chi connectivity index (χ1) is 9.67. The highest BCUT2D eigenvalue weighted by Crippen LogP contribution is 2.25. The van der Waals surface area contributed by atoms with E-state index in [-0.39, 0.29) is 0 Å². The van der Waals surface area contributed by atoms with Crippen molar-refractivity contribution in [3.8, 4) is 11.1 Å². The molecule has 0 saturated heterocycles. The SMILES string of the molecule is CCC[n+]1cccc(-c2cc(Cl)nn3cc(C)nc23)c1. The number of rotatable bonds is 3. The van der Waals surface area contributed by atoms with Gasteiger partial charge in [0.15, 0.2) is 23.2 Å². The summed E-state index contributed by atoms with van der Waals surface area (Å²) in [5, 5.41) is 4.72. The van der Waals surface area contributed by atoms with Crippen LogP contribution in [-0.2, 0) is 6.54 Å². The molecular formula is C15H16ClN4+. The molecule has 0 N–H and O–H groups in total. The second-order valence-electron chi connectivity index (χ2n) is 4.86. The van der Waals surface area contributed by atoms with Crippen LogP contribution in [0, 0.1) is 6.92 Å². The molecule has 4 nitrogen and oxygen atoms in total. The van der Waals surface area contributed by atoms with Crippen molar-refractivity contribution < 1.29 is 4.57 Å². The highest BCUT2D eigenvalue weighted by atomic mass is 35.5. The maximum absolute atomic E-state index is 6.12. The van der Waals surface area contributed by atoms with E-state index in [0.29, 0.717) is 5.15 Å². The fourth-order valence-electron chi connectivity index (χ4n) is 2.35. The van der Waals surface area contributed by atoms with Crippen LogP contribution in [-0.4, -0.2) is 14.6 Å². The molecule has 0 radical (unpaired) electrons. The third kappa shape index (κ3) is 2.39. The Kier molecular flexibility index (Phi) is 3.40. The summed E-state index contributed by atoms with van der Waals surface area (Å²) in [5.41, 5.74) is 3.86. The summed E-state index contributed by atoms with van der Waals surface area (Å²) in [6, 6.07) is 5.99. The van der Waals surface area contributed by atoms with Crippen molar-refractivity contribution in [2.24, 2.45) is 0 Å². The lowest BCUT2D eigenvalue weighted by Crippen LogP contribution is -2.32. The zero-order chi connectivity index (χ0) is 14.1. The molecule has 3 rings (SSSR count). The first kappa shape index (κ1) is 13.1. The molecule has 102 valence electrons. The van der Waals surface area contributed by atoms with Crippen molar-refractivity contribution in [1.82, 2.24) is 14.6 Å². The van der Waals surface area contributed by atoms with Crippen molar-refractivity contribution in [1.29, 1.82) is 0 Å². The van der Waals surface area contributed by atoms with Crippen molar-refractivity contribution in [3.05, 3.63) is 47.6 Å². The molecule has 5 heteroatoms. The number of aryl methyl sites for hydroxylation is 2. The Bertz CT molecular complexity index is 764. The van der Waals surface area contributed by atoms with Crippen LogP contribution in [0.4, 0.5) is 0 Å². The van der Waals surface area contributed by atoms with E-state index in [1.807, 2.05) is 25.3 Å². The van der Waals surface area contributed by atoms with E-state index in [9.17, 15) is 0 Å². The molecule has 0 aliphatic heterocycles. The maximum Gasteiger partial charge on any atom is 0.176 e. The van der Waals surface area contributed by atoms with Crippen LogP contribution in [0.3, 0.4) is 0 Å². The Hall–Kier alpha value is -1.94. The third-order valence-electron chi connectivity index (χ3n) is 3.17. The number of fused-ring (bicyclic) bond motifs is 1. The van der Waals surface area contributed by atoms with Crippen LogP contribution in [0.15, 0.2) is 36.8 Å². The van der Waals surface area contributed by atoms with E-state index < -0.39 is 0 Å². The van der Waals surface area contributed by atoms with Gasteiger partial charge in [-0.2, -0.15) is 5.10 Å². The van der Waals surface area contributed by atoms with Gasteiger partial charge in [0, 0.05) is 23.6 Å². The van der Waals surface area contributed by atoms with Crippen molar-refractivity contribution in [2.45, 2.75) is 26.8 Å². The van der Waals surface area contributed by atoms with Crippen LogP contribution >= 0.6 is 11.6 Å². The predicted octanol–water partition coefficient (Wildman–Crippen LogP) is 3.06. The van der Waals surface area contributed by atoms with Gasteiger partial charge in [0.2, 0.25) is 0 Å². The van der Waals surface area contributed by atoms with Gasteiger partial charge in [-0.05, 0) is 19.1 Å². The van der Waals surface area contributed by atoms with Crippen molar-refractivity contribution in [3.63, 3.8) is 0 Å². The smallest absolute Gasteiger partial charge is 0.176 e. The Morgan fingerprint density at radius 2 is 2.25 bits per heavy atom. The summed E-state index contributed by atoms with van der Waals surface area (Å²) >= 11 is 6.12. The number of hydrogen-bond donors (Lipinski definition) is 0. The van der Waals surface area contributed by atoms with Gasteiger partial charge in [-0.3, -0.25) is 0 Å². The molecule has 3 heterocycles. The molecule has 0 aliphatic carbocycles. The molecule has 0 fully saturated rings. The Labute approximate surface area is 122 Å². The third-order valence-corrected chi connectivity index (χ3v) is 3.35. The monoisotopic (exact) mass is 287 g/mol. The predicted molar refractivity (Wildman–Crippen MR) is 78.7 cm³/mol. The molecule has 0 bridgehead atoms. The van der Waals surface area contributed by atoms with Crippen LogP contribution < -0.4 is 4.57 Å². The average molecular weight is 288 g/mol. The van der Waals surface area contributed by atoms with Crippen molar-refractivity contribution in [2.75, 3.05) is 0 Å². The van der Waals surface area contributed by atoms with E-state index >= 15 is 0 Å². The first-order valence-corrected chi connectivity index (χ1v) is 7.07. The highest BCUT2D eigenvalue weighted by Gasteiger charge is 2.12. The standard InChI is InChI=1S/C15H16ClN4/c1-3-6-19-7-4-5-12(10-19)13-8-14(16)18-20-9-11(2)17-15(13)20/h4-5,7-10H,3,6H2,1-2H3/q+1. The fraction of sp³-hybridized carbons (Fsp3) is 0.267. The first-order valence-electron chi connectivity index (χ1n) is 6.69. The normalized spacial score (nSPS) is 11.2. The summed E-state index contributed by atoms with van der Waals surface area (Å²) in [6.07, 6.45) is 7.18. The molecule has 0 atom stereocenters. The number of imidazole rings is 1. The van der Waals surface area contributed by atoms with Gasteiger partial charge in [0.1, 0.15) is 6.54 Å². The van der Waals surface area contributed by atoms with E-state index in [2.05, 4.69) is 40.0 Å². The molecule has 0 amide bonds. The molecular weight excluding hydrogens is 272 g/mol. The molecule has 0 aromatic carbocycles. The molecule has 20 heavy (non-hydrogen) atoms. The maximum atomic E-state index is 6.12. The second kappa shape index (κ2) is 5.21. The van der Waals surface area contributed by atoms with Crippen molar-refractivity contribution >= 4 is 17.2 Å². The van der Waals surface area contributed by atoms with Crippen LogP contribution in [0.25, 0.3) is 16.8 Å². The molecule has 0 aliphatic rings. The van der Waals surface area contributed by atoms with Gasteiger partial charge >= 0.3 is 0 Å². The van der Waals surface area contributed by atoms with Gasteiger partial charge in [-0.25, -0.2) is 14.1 Å². The number of halogens is 1. The van der Waals surface area contributed by atoms with E-state index in [0.717, 1.165) is 35.4 Å². The lowest BCUT2D eigenvalue weighted by atomic mass is 10.1. The largest absolute Gasteiger partial charge is 0.232 e. The minimum atomic E-state index is 0.468. The Morgan fingerprint density at radius 3 is 3.05 bits per heavy atom. The second-order valence-corrected chi connectivity index (χ2v) is 5.25. The number of nitrogens with zero attached hydrogens (tertiary/aromatic N) is 4. The number of aromatic nitrogens is 4. The zero-order valence-corrected chi connectivity index (χ0v) is 12.3. The summed E-state index contributed by atoms with van der Waals surface area (Å²) in [5.74, 6) is 0. The Balaban J connectivity index is 2.20. The molecule has 0 unspecified atom stereocenters. The molecule has 3 aromatic heterocycles. The number of pyridine rings is 1. The van der Waals surface area contributed by atoms with Crippen LogP contribution in [0.1, 0.15) is 19.0 Å². The topological polar surface area (TPSA) is 34.1 Å². The molecule has 3 aromatic rings. The summed E-state index contributed by atoms with van der Waals surface area (Å²) < 4.78 is 3.92. The van der Waals surface area contributed by atoms with Gasteiger partial charge in [-0.1, -0.05) is 18.5 Å². The minimum absolute atomic E-state index is 0.468. The van der Waals surface area contributed by atoms with Gasteiger partial charge in [0.05, 0.1) is 11.9 Å². The van der Waals surface area contributed by atoms with E-state index in [4.69, 9.17) is 11.6 Å². The van der Waals surface area contributed by atoms with Gasteiger partial charge < -0.3 is 0 Å². The quantitative estimate of drug-likeness (QED) is 0.694. The van der Waals surface area contributed by atoms with Crippen LogP contribution in [0.5, 0.6) is 0 Å². The highest BCUT2D eigenvalue weighted by molar-refractivity contribution is 6.29. The summed E-state index contributed by atoms with van der Waals surface area (Å²) in [7, 11) is 0.